The zero-order chi connectivity index (χ0) is 13.2. The SMILES string of the molecule is Brc1cnc(CNc2ccc3ncsc3c2)c(Br)c1. The Hall–Kier alpha value is -0.980. The van der Waals surface area contributed by atoms with Crippen LogP contribution in [-0.4, -0.2) is 9.97 Å². The van der Waals surface area contributed by atoms with Gasteiger partial charge in [0.1, 0.15) is 0 Å². The molecule has 1 aromatic carbocycles. The van der Waals surface area contributed by atoms with Gasteiger partial charge in [-0.25, -0.2) is 4.98 Å². The monoisotopic (exact) mass is 397 g/mol. The molecule has 3 rings (SSSR count). The highest BCUT2D eigenvalue weighted by Crippen LogP contribution is 2.23. The zero-order valence-electron chi connectivity index (χ0n) is 9.73. The summed E-state index contributed by atoms with van der Waals surface area (Å²) < 4.78 is 3.15. The lowest BCUT2D eigenvalue weighted by atomic mass is 10.3. The lowest BCUT2D eigenvalue weighted by molar-refractivity contribution is 1.03. The Morgan fingerprint density at radius 3 is 2.89 bits per heavy atom. The number of benzene rings is 1. The van der Waals surface area contributed by atoms with Gasteiger partial charge in [0.05, 0.1) is 28.0 Å². The van der Waals surface area contributed by atoms with Gasteiger partial charge < -0.3 is 5.32 Å². The van der Waals surface area contributed by atoms with Gasteiger partial charge in [0, 0.05) is 20.8 Å². The normalized spacial score (nSPS) is 10.8. The van der Waals surface area contributed by atoms with Crippen molar-refractivity contribution in [1.29, 1.82) is 0 Å². The van der Waals surface area contributed by atoms with Crippen LogP contribution in [0.1, 0.15) is 5.69 Å². The van der Waals surface area contributed by atoms with Gasteiger partial charge in [0.2, 0.25) is 0 Å². The molecule has 0 fully saturated rings. The van der Waals surface area contributed by atoms with Crippen LogP contribution in [0.5, 0.6) is 0 Å². The first-order chi connectivity index (χ1) is 9.22. The molecule has 0 unspecified atom stereocenters. The quantitative estimate of drug-likeness (QED) is 0.686. The molecule has 0 radical (unpaired) electrons. The second-order valence-corrected chi connectivity index (χ2v) is 6.63. The van der Waals surface area contributed by atoms with Crippen molar-refractivity contribution in [2.75, 3.05) is 5.32 Å². The molecule has 3 nitrogen and oxygen atoms in total. The maximum atomic E-state index is 4.38. The van der Waals surface area contributed by atoms with E-state index in [2.05, 4.69) is 53.2 Å². The Bertz CT molecular complexity index is 727. The van der Waals surface area contributed by atoms with Crippen LogP contribution in [0.15, 0.2) is 44.9 Å². The largest absolute Gasteiger partial charge is 0.379 e. The van der Waals surface area contributed by atoms with E-state index in [9.17, 15) is 0 Å². The third-order valence-corrected chi connectivity index (χ3v) is 4.59. The average molecular weight is 399 g/mol. The molecule has 0 aliphatic heterocycles. The molecule has 96 valence electrons. The molecule has 6 heteroatoms. The van der Waals surface area contributed by atoms with Crippen LogP contribution in [0.25, 0.3) is 10.2 Å². The molecule has 0 saturated heterocycles. The first kappa shape index (κ1) is 13.0. The number of thiazole rings is 1. The topological polar surface area (TPSA) is 37.8 Å². The lowest BCUT2D eigenvalue weighted by Gasteiger charge is -2.07. The minimum Gasteiger partial charge on any atom is -0.379 e. The van der Waals surface area contributed by atoms with E-state index in [0.717, 1.165) is 25.8 Å². The van der Waals surface area contributed by atoms with E-state index in [1.807, 2.05) is 23.7 Å². The summed E-state index contributed by atoms with van der Waals surface area (Å²) in [6.45, 7) is 0.679. The van der Waals surface area contributed by atoms with Crippen molar-refractivity contribution in [3.05, 3.63) is 50.6 Å². The Labute approximate surface area is 131 Å². The minimum absolute atomic E-state index is 0.679. The molecule has 0 saturated carbocycles. The van der Waals surface area contributed by atoms with E-state index < -0.39 is 0 Å². The van der Waals surface area contributed by atoms with Crippen LogP contribution in [-0.2, 0) is 6.54 Å². The van der Waals surface area contributed by atoms with Crippen LogP contribution < -0.4 is 5.32 Å². The molecule has 0 amide bonds. The van der Waals surface area contributed by atoms with Crippen molar-refractivity contribution in [3.63, 3.8) is 0 Å². The summed E-state index contributed by atoms with van der Waals surface area (Å²) >= 11 is 8.56. The molecule has 0 aliphatic rings. The highest BCUT2D eigenvalue weighted by atomic mass is 79.9. The minimum atomic E-state index is 0.679. The van der Waals surface area contributed by atoms with Crippen molar-refractivity contribution in [1.82, 2.24) is 9.97 Å². The van der Waals surface area contributed by atoms with Gasteiger partial charge in [-0.15, -0.1) is 11.3 Å². The molecular formula is C13H9Br2N3S. The number of rotatable bonds is 3. The maximum Gasteiger partial charge on any atom is 0.0813 e. The summed E-state index contributed by atoms with van der Waals surface area (Å²) in [5, 5.41) is 3.37. The van der Waals surface area contributed by atoms with Gasteiger partial charge in [-0.05, 0) is 56.1 Å². The van der Waals surface area contributed by atoms with E-state index in [-0.39, 0.29) is 0 Å². The van der Waals surface area contributed by atoms with Crippen molar-refractivity contribution in [2.24, 2.45) is 0 Å². The summed E-state index contributed by atoms with van der Waals surface area (Å²) in [5.74, 6) is 0. The van der Waals surface area contributed by atoms with E-state index in [4.69, 9.17) is 0 Å². The Morgan fingerprint density at radius 2 is 2.05 bits per heavy atom. The lowest BCUT2D eigenvalue weighted by Crippen LogP contribution is -2.02. The fourth-order valence-electron chi connectivity index (χ4n) is 1.72. The van der Waals surface area contributed by atoms with Crippen LogP contribution >= 0.6 is 43.2 Å². The van der Waals surface area contributed by atoms with Gasteiger partial charge in [0.25, 0.3) is 0 Å². The predicted octanol–water partition coefficient (Wildman–Crippen LogP) is 4.83. The average Bonchev–Trinajstić information content (AvgIpc) is 2.85. The van der Waals surface area contributed by atoms with Crippen molar-refractivity contribution < 1.29 is 0 Å². The number of pyridine rings is 1. The first-order valence-corrected chi connectivity index (χ1v) is 8.06. The molecule has 2 heterocycles. The van der Waals surface area contributed by atoms with Crippen LogP contribution in [0, 0.1) is 0 Å². The van der Waals surface area contributed by atoms with Crippen LogP contribution in [0.3, 0.4) is 0 Å². The highest BCUT2D eigenvalue weighted by molar-refractivity contribution is 9.11. The maximum absolute atomic E-state index is 4.38. The molecule has 0 spiro atoms. The Morgan fingerprint density at radius 1 is 1.16 bits per heavy atom. The molecule has 3 aromatic rings. The van der Waals surface area contributed by atoms with Crippen molar-refractivity contribution in [3.8, 4) is 0 Å². The van der Waals surface area contributed by atoms with Crippen molar-refractivity contribution >= 4 is 59.1 Å². The summed E-state index contributed by atoms with van der Waals surface area (Å²) in [7, 11) is 0. The Balaban J connectivity index is 1.77. The number of anilines is 1. The number of hydrogen-bond donors (Lipinski definition) is 1. The number of fused-ring (bicyclic) bond motifs is 1. The molecule has 1 N–H and O–H groups in total. The number of nitrogens with one attached hydrogen (secondary N) is 1. The highest BCUT2D eigenvalue weighted by Gasteiger charge is 2.03. The van der Waals surface area contributed by atoms with Gasteiger partial charge in [0.15, 0.2) is 0 Å². The van der Waals surface area contributed by atoms with E-state index in [1.165, 1.54) is 4.70 Å². The van der Waals surface area contributed by atoms with Crippen molar-refractivity contribution in [2.45, 2.75) is 6.54 Å². The van der Waals surface area contributed by atoms with Gasteiger partial charge in [-0.1, -0.05) is 0 Å². The second-order valence-electron chi connectivity index (χ2n) is 3.97. The smallest absolute Gasteiger partial charge is 0.0813 e. The number of halogens is 2. The molecule has 19 heavy (non-hydrogen) atoms. The summed E-state index contributed by atoms with van der Waals surface area (Å²) in [4.78, 5) is 8.65. The second kappa shape index (κ2) is 5.56. The number of aromatic nitrogens is 2. The van der Waals surface area contributed by atoms with Gasteiger partial charge in [-0.3, -0.25) is 4.98 Å². The van der Waals surface area contributed by atoms with Gasteiger partial charge >= 0.3 is 0 Å². The summed E-state index contributed by atoms with van der Waals surface area (Å²) in [5.41, 5.74) is 4.96. The summed E-state index contributed by atoms with van der Waals surface area (Å²) in [6.07, 6.45) is 1.80. The predicted molar refractivity (Wildman–Crippen MR) is 86.6 cm³/mol. The molecule has 0 atom stereocenters. The molecular weight excluding hydrogens is 390 g/mol. The fourth-order valence-corrected chi connectivity index (χ4v) is 3.57. The van der Waals surface area contributed by atoms with Gasteiger partial charge in [-0.2, -0.15) is 0 Å². The number of nitrogens with zero attached hydrogens (tertiary/aromatic N) is 2. The molecule has 0 aliphatic carbocycles. The summed E-state index contributed by atoms with van der Waals surface area (Å²) in [6, 6.07) is 8.17. The zero-order valence-corrected chi connectivity index (χ0v) is 13.7. The van der Waals surface area contributed by atoms with E-state index in [1.54, 1.807) is 17.5 Å². The van der Waals surface area contributed by atoms with Crippen LogP contribution in [0.4, 0.5) is 5.69 Å². The number of hydrogen-bond acceptors (Lipinski definition) is 4. The fraction of sp³-hybridized carbons (Fsp3) is 0.0769. The molecule has 2 aromatic heterocycles. The van der Waals surface area contributed by atoms with E-state index in [0.29, 0.717) is 6.54 Å². The molecule has 0 bridgehead atoms. The Kier molecular flexibility index (Phi) is 3.81. The first-order valence-electron chi connectivity index (χ1n) is 5.59. The standard InChI is InChI=1S/C13H9Br2N3S/c14-8-3-10(15)12(17-5-8)6-16-9-1-2-11-13(4-9)19-7-18-11/h1-5,7,16H,6H2. The third kappa shape index (κ3) is 2.96. The van der Waals surface area contributed by atoms with E-state index >= 15 is 0 Å². The van der Waals surface area contributed by atoms with Crippen LogP contribution in [0.2, 0.25) is 0 Å². The third-order valence-electron chi connectivity index (χ3n) is 2.68.